The van der Waals surface area contributed by atoms with E-state index >= 15 is 0 Å². The lowest BCUT2D eigenvalue weighted by atomic mass is 9.87. The molecule has 0 bridgehead atoms. The second-order valence-corrected chi connectivity index (χ2v) is 5.89. The van der Waals surface area contributed by atoms with Crippen LogP contribution in [0.15, 0.2) is 24.3 Å². The highest BCUT2D eigenvalue weighted by molar-refractivity contribution is 5.96. The zero-order valence-electron chi connectivity index (χ0n) is 12.0. The van der Waals surface area contributed by atoms with E-state index in [0.717, 1.165) is 38.0 Å². The molecule has 1 unspecified atom stereocenters. The number of carbonyl (C=O) groups is 1. The number of carbonyl (C=O) groups excluding carboxylic acids is 1. The van der Waals surface area contributed by atoms with Crippen molar-refractivity contribution in [2.75, 3.05) is 31.2 Å². The number of rotatable bonds is 1. The molecular weight excluding hydrogens is 252 g/mol. The molecule has 1 N–H and O–H groups in total. The molecule has 1 aromatic rings. The van der Waals surface area contributed by atoms with E-state index in [2.05, 4.69) is 36.5 Å². The molecule has 20 heavy (non-hydrogen) atoms. The predicted molar refractivity (Wildman–Crippen MR) is 78.9 cm³/mol. The van der Waals surface area contributed by atoms with E-state index in [1.165, 1.54) is 5.56 Å². The van der Waals surface area contributed by atoms with E-state index in [0.29, 0.717) is 6.61 Å². The standard InChI is InChI=1S/C16H22N2O2/c1-13-3-5-14(6-4-13)18-15(19)11-20-12-16(18)7-2-9-17-10-8-16/h3-6,17H,2,7-12H2,1H3. The molecular formula is C16H22N2O2. The smallest absolute Gasteiger partial charge is 0.253 e. The van der Waals surface area contributed by atoms with E-state index < -0.39 is 0 Å². The van der Waals surface area contributed by atoms with Crippen LogP contribution >= 0.6 is 0 Å². The molecule has 2 heterocycles. The number of amides is 1. The molecule has 1 atom stereocenters. The maximum absolute atomic E-state index is 12.4. The van der Waals surface area contributed by atoms with Crippen molar-refractivity contribution in [3.05, 3.63) is 29.8 Å². The Morgan fingerprint density at radius 1 is 1.20 bits per heavy atom. The van der Waals surface area contributed by atoms with Crippen LogP contribution in [0.5, 0.6) is 0 Å². The second-order valence-electron chi connectivity index (χ2n) is 5.89. The van der Waals surface area contributed by atoms with Gasteiger partial charge in [-0.15, -0.1) is 0 Å². The number of hydrogen-bond acceptors (Lipinski definition) is 3. The van der Waals surface area contributed by atoms with E-state index in [-0.39, 0.29) is 18.1 Å². The van der Waals surface area contributed by atoms with Gasteiger partial charge in [-0.2, -0.15) is 0 Å². The Balaban J connectivity index is 1.97. The molecule has 0 aromatic heterocycles. The first-order valence-electron chi connectivity index (χ1n) is 7.39. The molecule has 108 valence electrons. The Morgan fingerprint density at radius 2 is 2.00 bits per heavy atom. The highest BCUT2D eigenvalue weighted by Crippen LogP contribution is 2.35. The van der Waals surface area contributed by atoms with Gasteiger partial charge in [0.05, 0.1) is 12.1 Å². The summed E-state index contributed by atoms with van der Waals surface area (Å²) in [7, 11) is 0. The number of aryl methyl sites for hydroxylation is 1. The van der Waals surface area contributed by atoms with Crippen molar-refractivity contribution in [3.8, 4) is 0 Å². The molecule has 2 aliphatic heterocycles. The van der Waals surface area contributed by atoms with Crippen LogP contribution < -0.4 is 10.2 Å². The highest BCUT2D eigenvalue weighted by atomic mass is 16.5. The lowest BCUT2D eigenvalue weighted by Gasteiger charge is -2.46. The fourth-order valence-corrected chi connectivity index (χ4v) is 3.32. The van der Waals surface area contributed by atoms with Crippen LogP contribution in [0.25, 0.3) is 0 Å². The predicted octanol–water partition coefficient (Wildman–Crippen LogP) is 1.87. The van der Waals surface area contributed by atoms with Gasteiger partial charge in [0, 0.05) is 5.69 Å². The van der Waals surface area contributed by atoms with Gasteiger partial charge in [0.25, 0.3) is 5.91 Å². The summed E-state index contributed by atoms with van der Waals surface area (Å²) < 4.78 is 5.59. The van der Waals surface area contributed by atoms with Crippen LogP contribution in [0.3, 0.4) is 0 Å². The molecule has 0 saturated carbocycles. The third-order valence-electron chi connectivity index (χ3n) is 4.38. The van der Waals surface area contributed by atoms with Crippen molar-refractivity contribution in [1.29, 1.82) is 0 Å². The van der Waals surface area contributed by atoms with Crippen LogP contribution in [0.1, 0.15) is 24.8 Å². The normalized spacial score (nSPS) is 27.6. The van der Waals surface area contributed by atoms with Gasteiger partial charge in [0.1, 0.15) is 6.61 Å². The molecule has 0 aliphatic carbocycles. The van der Waals surface area contributed by atoms with Gasteiger partial charge < -0.3 is 15.0 Å². The minimum absolute atomic E-state index is 0.0852. The minimum Gasteiger partial charge on any atom is -0.369 e. The highest BCUT2D eigenvalue weighted by Gasteiger charge is 2.44. The van der Waals surface area contributed by atoms with Crippen molar-refractivity contribution < 1.29 is 9.53 Å². The van der Waals surface area contributed by atoms with E-state index in [1.54, 1.807) is 0 Å². The summed E-state index contributed by atoms with van der Waals surface area (Å²) in [4.78, 5) is 14.4. The first-order valence-corrected chi connectivity index (χ1v) is 7.39. The lowest BCUT2D eigenvalue weighted by Crippen LogP contribution is -2.60. The Labute approximate surface area is 120 Å². The van der Waals surface area contributed by atoms with Crippen LogP contribution in [0.2, 0.25) is 0 Å². The number of morpholine rings is 1. The van der Waals surface area contributed by atoms with Crippen molar-refractivity contribution >= 4 is 11.6 Å². The molecule has 1 spiro atoms. The summed E-state index contributed by atoms with van der Waals surface area (Å²) in [6.07, 6.45) is 3.03. The number of hydrogen-bond donors (Lipinski definition) is 1. The average molecular weight is 274 g/mol. The number of nitrogens with zero attached hydrogens (tertiary/aromatic N) is 1. The van der Waals surface area contributed by atoms with Gasteiger partial charge in [-0.05, 0) is 51.4 Å². The summed E-state index contributed by atoms with van der Waals surface area (Å²) in [5, 5.41) is 3.42. The zero-order valence-corrected chi connectivity index (χ0v) is 12.0. The Hall–Kier alpha value is -1.39. The molecule has 4 nitrogen and oxygen atoms in total. The zero-order chi connectivity index (χ0) is 14.0. The molecule has 1 amide bonds. The fraction of sp³-hybridized carbons (Fsp3) is 0.562. The maximum atomic E-state index is 12.4. The Morgan fingerprint density at radius 3 is 2.80 bits per heavy atom. The molecule has 1 aromatic carbocycles. The number of benzene rings is 1. The molecule has 2 saturated heterocycles. The van der Waals surface area contributed by atoms with Crippen molar-refractivity contribution in [2.24, 2.45) is 0 Å². The van der Waals surface area contributed by atoms with Crippen LogP contribution in [0.4, 0.5) is 5.69 Å². The molecule has 0 radical (unpaired) electrons. The Kier molecular flexibility index (Phi) is 3.76. The number of nitrogens with one attached hydrogen (secondary N) is 1. The summed E-state index contributed by atoms with van der Waals surface area (Å²) in [5.41, 5.74) is 2.05. The van der Waals surface area contributed by atoms with Gasteiger partial charge in [-0.25, -0.2) is 0 Å². The van der Waals surface area contributed by atoms with E-state index in [4.69, 9.17) is 4.74 Å². The second kappa shape index (κ2) is 5.54. The van der Waals surface area contributed by atoms with Crippen LogP contribution in [0, 0.1) is 6.92 Å². The molecule has 3 rings (SSSR count). The Bertz CT molecular complexity index is 476. The average Bonchev–Trinajstić information content (AvgIpc) is 2.67. The minimum atomic E-state index is -0.173. The summed E-state index contributed by atoms with van der Waals surface area (Å²) in [6.45, 7) is 4.88. The summed E-state index contributed by atoms with van der Waals surface area (Å²) >= 11 is 0. The molecule has 4 heteroatoms. The maximum Gasteiger partial charge on any atom is 0.253 e. The van der Waals surface area contributed by atoms with E-state index in [9.17, 15) is 4.79 Å². The van der Waals surface area contributed by atoms with Crippen molar-refractivity contribution in [3.63, 3.8) is 0 Å². The number of anilines is 1. The van der Waals surface area contributed by atoms with Gasteiger partial charge in [0.15, 0.2) is 0 Å². The summed E-state index contributed by atoms with van der Waals surface area (Å²) in [5.74, 6) is 0.0852. The van der Waals surface area contributed by atoms with Crippen molar-refractivity contribution in [2.45, 2.75) is 31.7 Å². The SMILES string of the molecule is Cc1ccc(N2C(=O)COCC23CCCNCC3)cc1. The first kappa shape index (κ1) is 13.6. The fourth-order valence-electron chi connectivity index (χ4n) is 3.32. The van der Waals surface area contributed by atoms with Crippen LogP contribution in [-0.4, -0.2) is 37.7 Å². The van der Waals surface area contributed by atoms with Crippen molar-refractivity contribution in [1.82, 2.24) is 5.32 Å². The van der Waals surface area contributed by atoms with Gasteiger partial charge in [-0.3, -0.25) is 4.79 Å². The molecule has 2 aliphatic rings. The molecule has 2 fully saturated rings. The van der Waals surface area contributed by atoms with Gasteiger partial charge in [0.2, 0.25) is 0 Å². The third-order valence-corrected chi connectivity index (χ3v) is 4.38. The lowest BCUT2D eigenvalue weighted by molar-refractivity contribution is -0.130. The van der Waals surface area contributed by atoms with E-state index in [1.807, 2.05) is 4.90 Å². The number of ether oxygens (including phenoxy) is 1. The van der Waals surface area contributed by atoms with Gasteiger partial charge in [-0.1, -0.05) is 17.7 Å². The third kappa shape index (κ3) is 2.45. The first-order chi connectivity index (χ1) is 9.71. The largest absolute Gasteiger partial charge is 0.369 e. The monoisotopic (exact) mass is 274 g/mol. The summed E-state index contributed by atoms with van der Waals surface area (Å²) in [6, 6.07) is 8.25. The topological polar surface area (TPSA) is 41.6 Å². The van der Waals surface area contributed by atoms with Crippen LogP contribution in [-0.2, 0) is 9.53 Å². The van der Waals surface area contributed by atoms with Gasteiger partial charge >= 0.3 is 0 Å². The quantitative estimate of drug-likeness (QED) is 0.850.